The molecule has 1 aromatic carbocycles. The predicted molar refractivity (Wildman–Crippen MR) is 72.7 cm³/mol. The Kier molecular flexibility index (Phi) is 2.77. The number of nitrogens with one attached hydrogen (secondary N) is 1. The van der Waals surface area contributed by atoms with E-state index in [1.165, 1.54) is 5.39 Å². The third kappa shape index (κ3) is 1.86. The van der Waals surface area contributed by atoms with E-state index >= 15 is 0 Å². The molecule has 1 aliphatic rings. The molecule has 2 heterocycles. The largest absolute Gasteiger partial charge is 0.468 e. The minimum absolute atomic E-state index is 0.324. The Balaban J connectivity index is 1.80. The number of amidine groups is 1. The van der Waals surface area contributed by atoms with E-state index in [0.29, 0.717) is 12.5 Å². The van der Waals surface area contributed by atoms with Crippen LogP contribution in [0.5, 0.6) is 0 Å². The maximum absolute atomic E-state index is 5.71. The van der Waals surface area contributed by atoms with Crippen molar-refractivity contribution in [2.45, 2.75) is 12.3 Å². The van der Waals surface area contributed by atoms with Gasteiger partial charge in [0.1, 0.15) is 5.76 Å². The van der Waals surface area contributed by atoms with Crippen molar-refractivity contribution >= 4 is 16.6 Å². The molecular weight excluding hydrogens is 224 g/mol. The van der Waals surface area contributed by atoms with E-state index in [2.05, 4.69) is 28.4 Å². The van der Waals surface area contributed by atoms with Gasteiger partial charge in [-0.15, -0.1) is 6.42 Å². The molecule has 3 nitrogen and oxygen atoms in total. The van der Waals surface area contributed by atoms with Gasteiger partial charge in [-0.1, -0.05) is 30.2 Å². The van der Waals surface area contributed by atoms with Gasteiger partial charge in [-0.3, -0.25) is 4.99 Å². The van der Waals surface area contributed by atoms with E-state index < -0.39 is 0 Å². The van der Waals surface area contributed by atoms with Crippen LogP contribution in [0.3, 0.4) is 0 Å². The van der Waals surface area contributed by atoms with Gasteiger partial charge in [-0.2, -0.15) is 0 Å². The number of aliphatic imine (C=N–C) groups is 1. The average molecular weight is 238 g/mol. The van der Waals surface area contributed by atoms with Gasteiger partial charge in [-0.25, -0.2) is 0 Å². The van der Waals surface area contributed by atoms with E-state index in [1.54, 1.807) is 0 Å². The smallest absolute Gasteiger partial charge is 0.116 e. The summed E-state index contributed by atoms with van der Waals surface area (Å²) in [5.41, 5.74) is 0. The van der Waals surface area contributed by atoms with Crippen molar-refractivity contribution in [1.82, 2.24) is 5.32 Å². The van der Waals surface area contributed by atoms with E-state index in [0.717, 1.165) is 29.9 Å². The second-order valence-electron chi connectivity index (χ2n) is 4.43. The third-order valence-electron chi connectivity index (χ3n) is 3.25. The highest BCUT2D eigenvalue weighted by Crippen LogP contribution is 2.32. The Morgan fingerprint density at radius 3 is 3.22 bits per heavy atom. The van der Waals surface area contributed by atoms with Crippen molar-refractivity contribution in [3.63, 3.8) is 0 Å². The molecule has 0 saturated carbocycles. The predicted octanol–water partition coefficient (Wildman–Crippen LogP) is 2.54. The van der Waals surface area contributed by atoms with Crippen LogP contribution in [0.4, 0.5) is 0 Å². The monoisotopic (exact) mass is 238 g/mol. The average Bonchev–Trinajstić information content (AvgIpc) is 3.02. The lowest BCUT2D eigenvalue weighted by Crippen LogP contribution is -2.22. The molecule has 2 aromatic rings. The standard InChI is InChI=1S/C15H14N2O/c1-2-7-16-14-8-12(9-17-14)15-13-6-4-3-5-11(13)10-18-15/h1,3-6,10,12H,7-9H2,(H,16,17). The van der Waals surface area contributed by atoms with Gasteiger partial charge in [0, 0.05) is 23.1 Å². The van der Waals surface area contributed by atoms with Crippen molar-refractivity contribution in [2.75, 3.05) is 13.1 Å². The van der Waals surface area contributed by atoms with Crippen molar-refractivity contribution in [3.05, 3.63) is 36.3 Å². The van der Waals surface area contributed by atoms with Crippen molar-refractivity contribution in [2.24, 2.45) is 4.99 Å². The number of hydrogen-bond donors (Lipinski definition) is 1. The molecule has 1 unspecified atom stereocenters. The molecule has 0 aliphatic carbocycles. The highest BCUT2D eigenvalue weighted by molar-refractivity contribution is 5.88. The van der Waals surface area contributed by atoms with Crippen LogP contribution in [0, 0.1) is 12.3 Å². The number of rotatable bonds is 2. The zero-order chi connectivity index (χ0) is 12.4. The van der Waals surface area contributed by atoms with Crippen LogP contribution in [-0.4, -0.2) is 18.9 Å². The summed E-state index contributed by atoms with van der Waals surface area (Å²) < 4.78 is 5.71. The fourth-order valence-corrected chi connectivity index (χ4v) is 2.37. The second kappa shape index (κ2) is 4.58. The molecule has 0 bridgehead atoms. The van der Waals surface area contributed by atoms with E-state index in [1.807, 2.05) is 18.4 Å². The van der Waals surface area contributed by atoms with Gasteiger partial charge >= 0.3 is 0 Å². The molecule has 0 fully saturated rings. The Hall–Kier alpha value is -2.21. The lowest BCUT2D eigenvalue weighted by molar-refractivity contribution is 0.481. The molecule has 3 rings (SSSR count). The summed E-state index contributed by atoms with van der Waals surface area (Å²) in [6.45, 7) is 1.30. The molecule has 0 amide bonds. The Morgan fingerprint density at radius 1 is 1.44 bits per heavy atom. The Morgan fingerprint density at radius 2 is 2.33 bits per heavy atom. The second-order valence-corrected chi connectivity index (χ2v) is 4.43. The van der Waals surface area contributed by atoms with Crippen molar-refractivity contribution < 1.29 is 4.42 Å². The quantitative estimate of drug-likeness (QED) is 0.816. The van der Waals surface area contributed by atoms with Crippen LogP contribution >= 0.6 is 0 Å². The van der Waals surface area contributed by atoms with Crippen LogP contribution < -0.4 is 5.32 Å². The van der Waals surface area contributed by atoms with Gasteiger partial charge in [0.15, 0.2) is 0 Å². The first-order valence-corrected chi connectivity index (χ1v) is 6.05. The van der Waals surface area contributed by atoms with Crippen molar-refractivity contribution in [3.8, 4) is 12.3 Å². The Labute approximate surface area is 106 Å². The lowest BCUT2D eigenvalue weighted by Gasteiger charge is -2.06. The number of fused-ring (bicyclic) bond motifs is 1. The topological polar surface area (TPSA) is 37.5 Å². The number of hydrogen-bond acceptors (Lipinski definition) is 3. The summed E-state index contributed by atoms with van der Waals surface area (Å²) in [6.07, 6.45) is 7.92. The van der Waals surface area contributed by atoms with Gasteiger partial charge in [0.2, 0.25) is 0 Å². The molecule has 1 aliphatic heterocycles. The normalized spacial score (nSPS) is 18.6. The molecule has 1 aromatic heterocycles. The minimum atomic E-state index is 0.324. The Bertz CT molecular complexity index is 633. The fraction of sp³-hybridized carbons (Fsp3) is 0.267. The van der Waals surface area contributed by atoms with E-state index in [-0.39, 0.29) is 0 Å². The highest BCUT2D eigenvalue weighted by atomic mass is 16.3. The number of furan rings is 1. The van der Waals surface area contributed by atoms with E-state index in [4.69, 9.17) is 10.8 Å². The fourth-order valence-electron chi connectivity index (χ4n) is 2.37. The number of nitrogens with zero attached hydrogens (tertiary/aromatic N) is 1. The molecule has 1 atom stereocenters. The molecule has 0 radical (unpaired) electrons. The van der Waals surface area contributed by atoms with Gasteiger partial charge in [0.05, 0.1) is 25.2 Å². The van der Waals surface area contributed by atoms with E-state index in [9.17, 15) is 0 Å². The van der Waals surface area contributed by atoms with Crippen LogP contribution in [0.25, 0.3) is 10.8 Å². The van der Waals surface area contributed by atoms with Gasteiger partial charge < -0.3 is 9.73 Å². The molecule has 0 spiro atoms. The lowest BCUT2D eigenvalue weighted by atomic mass is 10.0. The molecule has 0 saturated heterocycles. The summed E-state index contributed by atoms with van der Waals surface area (Å²) in [7, 11) is 0. The molecular formula is C15H14N2O. The van der Waals surface area contributed by atoms with Crippen molar-refractivity contribution in [1.29, 1.82) is 0 Å². The maximum atomic E-state index is 5.71. The van der Waals surface area contributed by atoms with Crippen LogP contribution in [0.15, 0.2) is 39.9 Å². The summed E-state index contributed by atoms with van der Waals surface area (Å²) in [5.74, 6) is 4.90. The molecule has 90 valence electrons. The third-order valence-corrected chi connectivity index (χ3v) is 3.25. The van der Waals surface area contributed by atoms with Crippen LogP contribution in [0.1, 0.15) is 18.1 Å². The van der Waals surface area contributed by atoms with Gasteiger partial charge in [0.25, 0.3) is 0 Å². The number of terminal acetylenes is 1. The summed E-state index contributed by atoms with van der Waals surface area (Å²) in [5, 5.41) is 5.48. The summed E-state index contributed by atoms with van der Waals surface area (Å²) >= 11 is 0. The molecule has 1 N–H and O–H groups in total. The summed E-state index contributed by atoms with van der Waals surface area (Å²) in [4.78, 5) is 4.47. The van der Waals surface area contributed by atoms with Crippen LogP contribution in [-0.2, 0) is 0 Å². The minimum Gasteiger partial charge on any atom is -0.468 e. The molecule has 18 heavy (non-hydrogen) atoms. The maximum Gasteiger partial charge on any atom is 0.116 e. The first-order valence-electron chi connectivity index (χ1n) is 6.05. The zero-order valence-electron chi connectivity index (χ0n) is 10.0. The SMILES string of the molecule is C#CCNC1=NCC(c2occ3ccccc23)C1. The highest BCUT2D eigenvalue weighted by Gasteiger charge is 2.24. The first kappa shape index (κ1) is 10.9. The summed E-state index contributed by atoms with van der Waals surface area (Å²) in [6, 6.07) is 8.22. The first-order chi connectivity index (χ1) is 8.88. The number of benzene rings is 1. The zero-order valence-corrected chi connectivity index (χ0v) is 10.0. The van der Waals surface area contributed by atoms with Crippen LogP contribution in [0.2, 0.25) is 0 Å². The van der Waals surface area contributed by atoms with Gasteiger partial charge in [-0.05, 0) is 0 Å². The molecule has 3 heteroatoms.